The number of halogens is 3. The first-order valence-electron chi connectivity index (χ1n) is 6.36. The van der Waals surface area contributed by atoms with Gasteiger partial charge in [-0.2, -0.15) is 18.2 Å². The van der Waals surface area contributed by atoms with E-state index in [9.17, 15) is 33.0 Å². The minimum Gasteiger partial charge on any atom is -0.414 e. The maximum Gasteiger partial charge on any atom is 0.491 e. The van der Waals surface area contributed by atoms with Crippen molar-refractivity contribution < 1.29 is 42.8 Å². The third-order valence-corrected chi connectivity index (χ3v) is 3.17. The van der Waals surface area contributed by atoms with E-state index < -0.39 is 60.5 Å². The Morgan fingerprint density at radius 2 is 2.04 bits per heavy atom. The minimum atomic E-state index is -5.31. The SMILES string of the molecule is Nc1nc(=O)n(C2O[C@H](CO)[C@@H](O)[C@H]2O)cc1OC(=O)C(F)(F)F. The molecule has 1 saturated heterocycles. The summed E-state index contributed by atoms with van der Waals surface area (Å²) in [5.41, 5.74) is 4.09. The summed E-state index contributed by atoms with van der Waals surface area (Å²) < 4.78 is 46.2. The number of aromatic nitrogens is 2. The molecule has 10 nitrogen and oxygen atoms in total. The molecule has 0 amide bonds. The van der Waals surface area contributed by atoms with Crippen LogP contribution in [-0.2, 0) is 9.53 Å². The van der Waals surface area contributed by atoms with Crippen LogP contribution < -0.4 is 16.2 Å². The zero-order valence-electron chi connectivity index (χ0n) is 11.7. The molecule has 0 bridgehead atoms. The Morgan fingerprint density at radius 3 is 2.54 bits per heavy atom. The van der Waals surface area contributed by atoms with Crippen molar-refractivity contribution >= 4 is 11.8 Å². The Kier molecular flexibility index (Phi) is 4.80. The Balaban J connectivity index is 2.37. The van der Waals surface area contributed by atoms with Gasteiger partial charge in [0.15, 0.2) is 17.8 Å². The molecule has 1 aliphatic rings. The van der Waals surface area contributed by atoms with Crippen LogP contribution in [0.25, 0.3) is 0 Å². The third kappa shape index (κ3) is 3.33. The normalized spacial score (nSPS) is 27.2. The molecule has 1 aromatic heterocycles. The molecular weight excluding hydrogens is 343 g/mol. The molecule has 2 rings (SSSR count). The maximum absolute atomic E-state index is 12.2. The number of esters is 1. The average molecular weight is 355 g/mol. The van der Waals surface area contributed by atoms with Crippen LogP contribution in [0, 0.1) is 0 Å². The van der Waals surface area contributed by atoms with E-state index in [1.807, 2.05) is 0 Å². The number of carbonyl (C=O) groups excluding carboxylic acids is 1. The summed E-state index contributed by atoms with van der Waals surface area (Å²) in [6.07, 6.45) is -10.8. The van der Waals surface area contributed by atoms with E-state index in [0.29, 0.717) is 10.8 Å². The first-order valence-corrected chi connectivity index (χ1v) is 6.36. The van der Waals surface area contributed by atoms with E-state index in [0.717, 1.165) is 0 Å². The van der Waals surface area contributed by atoms with Gasteiger partial charge in [0.1, 0.15) is 18.3 Å². The fourth-order valence-corrected chi connectivity index (χ4v) is 1.99. The second kappa shape index (κ2) is 6.35. The van der Waals surface area contributed by atoms with Gasteiger partial charge in [0, 0.05) is 0 Å². The lowest BCUT2D eigenvalue weighted by Gasteiger charge is -2.18. The standard InChI is InChI=1S/C11H12F3N3O7/c12-11(13,14)9(21)24-3-1-17(10(22)16-7(3)15)8-6(20)5(19)4(2-18)23-8/h1,4-6,8,18-20H,2H2,(H2,15,16,22)/t4-,5-,6-,8?/m1/s1. The van der Waals surface area contributed by atoms with Gasteiger partial charge in [-0.3, -0.25) is 4.57 Å². The van der Waals surface area contributed by atoms with Crippen LogP contribution in [0.3, 0.4) is 0 Å². The van der Waals surface area contributed by atoms with Gasteiger partial charge in [-0.15, -0.1) is 0 Å². The molecule has 2 heterocycles. The van der Waals surface area contributed by atoms with Crippen LogP contribution in [0.15, 0.2) is 11.0 Å². The molecule has 1 aliphatic heterocycles. The smallest absolute Gasteiger partial charge is 0.414 e. The van der Waals surface area contributed by atoms with E-state index in [1.165, 1.54) is 0 Å². The number of alkyl halides is 3. The number of aliphatic hydroxyl groups excluding tert-OH is 3. The molecule has 0 spiro atoms. The maximum atomic E-state index is 12.2. The molecule has 1 aromatic rings. The molecule has 1 unspecified atom stereocenters. The number of hydrogen-bond donors (Lipinski definition) is 4. The van der Waals surface area contributed by atoms with Crippen molar-refractivity contribution in [1.29, 1.82) is 0 Å². The predicted molar refractivity (Wildman–Crippen MR) is 67.6 cm³/mol. The Labute approximate surface area is 130 Å². The number of nitrogens with two attached hydrogens (primary N) is 1. The molecule has 13 heteroatoms. The largest absolute Gasteiger partial charge is 0.491 e. The van der Waals surface area contributed by atoms with Gasteiger partial charge >= 0.3 is 17.8 Å². The number of nitrogen functional groups attached to an aromatic ring is 1. The monoisotopic (exact) mass is 355 g/mol. The highest BCUT2D eigenvalue weighted by Gasteiger charge is 2.45. The third-order valence-electron chi connectivity index (χ3n) is 3.17. The minimum absolute atomic E-state index is 0.485. The highest BCUT2D eigenvalue weighted by molar-refractivity contribution is 5.79. The molecule has 134 valence electrons. The Hall–Kier alpha value is -2.22. The van der Waals surface area contributed by atoms with E-state index in [4.69, 9.17) is 15.6 Å². The van der Waals surface area contributed by atoms with Crippen LogP contribution in [0.2, 0.25) is 0 Å². The van der Waals surface area contributed by atoms with E-state index in [-0.39, 0.29) is 0 Å². The summed E-state index contributed by atoms with van der Waals surface area (Å²) in [6, 6.07) is 0. The van der Waals surface area contributed by atoms with Gasteiger partial charge in [0.05, 0.1) is 12.8 Å². The van der Waals surface area contributed by atoms with Gasteiger partial charge in [-0.05, 0) is 0 Å². The molecule has 0 saturated carbocycles. The Bertz CT molecular complexity index is 692. The van der Waals surface area contributed by atoms with Crippen LogP contribution in [0.4, 0.5) is 19.0 Å². The predicted octanol–water partition coefficient (Wildman–Crippen LogP) is -2.10. The zero-order valence-corrected chi connectivity index (χ0v) is 11.7. The first-order chi connectivity index (χ1) is 11.1. The highest BCUT2D eigenvalue weighted by atomic mass is 19.4. The summed E-state index contributed by atoms with van der Waals surface area (Å²) in [7, 11) is 0. The first kappa shape index (κ1) is 18.1. The quantitative estimate of drug-likeness (QED) is 0.446. The second-order valence-corrected chi connectivity index (χ2v) is 4.80. The summed E-state index contributed by atoms with van der Waals surface area (Å²) in [5, 5.41) is 28.4. The lowest BCUT2D eigenvalue weighted by Crippen LogP contribution is -2.36. The molecule has 1 fully saturated rings. The number of hydrogen-bond acceptors (Lipinski definition) is 9. The topological polar surface area (TPSA) is 157 Å². The molecular formula is C11H12F3N3O7. The number of nitrogens with zero attached hydrogens (tertiary/aromatic N) is 2. The average Bonchev–Trinajstić information content (AvgIpc) is 2.76. The van der Waals surface area contributed by atoms with Crippen molar-refractivity contribution in [3.05, 3.63) is 16.7 Å². The lowest BCUT2D eigenvalue weighted by atomic mass is 10.1. The van der Waals surface area contributed by atoms with Crippen molar-refractivity contribution in [1.82, 2.24) is 9.55 Å². The summed E-state index contributed by atoms with van der Waals surface area (Å²) in [6.45, 7) is -0.693. The van der Waals surface area contributed by atoms with Crippen molar-refractivity contribution in [2.45, 2.75) is 30.7 Å². The highest BCUT2D eigenvalue weighted by Crippen LogP contribution is 2.30. The summed E-state index contributed by atoms with van der Waals surface area (Å²) >= 11 is 0. The van der Waals surface area contributed by atoms with Gasteiger partial charge in [0.25, 0.3) is 0 Å². The van der Waals surface area contributed by atoms with Crippen molar-refractivity contribution in [2.75, 3.05) is 12.3 Å². The number of aliphatic hydroxyl groups is 3. The zero-order chi connectivity index (χ0) is 18.2. The van der Waals surface area contributed by atoms with Crippen molar-refractivity contribution in [2.24, 2.45) is 0 Å². The van der Waals surface area contributed by atoms with Crippen molar-refractivity contribution in [3.63, 3.8) is 0 Å². The molecule has 4 atom stereocenters. The molecule has 0 aromatic carbocycles. The van der Waals surface area contributed by atoms with Gasteiger partial charge in [-0.1, -0.05) is 0 Å². The van der Waals surface area contributed by atoms with Gasteiger partial charge in [0.2, 0.25) is 0 Å². The van der Waals surface area contributed by atoms with Crippen molar-refractivity contribution in [3.8, 4) is 5.75 Å². The number of anilines is 1. The van der Waals surface area contributed by atoms with Crippen LogP contribution in [-0.4, -0.2) is 61.9 Å². The van der Waals surface area contributed by atoms with Gasteiger partial charge in [-0.25, -0.2) is 9.59 Å². The molecule has 5 N–H and O–H groups in total. The number of carbonyl (C=O) groups is 1. The molecule has 0 radical (unpaired) electrons. The molecule has 0 aliphatic carbocycles. The summed E-state index contributed by atoms with van der Waals surface area (Å²) in [4.78, 5) is 25.8. The van der Waals surface area contributed by atoms with E-state index in [1.54, 1.807) is 0 Å². The summed E-state index contributed by atoms with van der Waals surface area (Å²) in [5.74, 6) is -4.28. The molecule has 24 heavy (non-hydrogen) atoms. The van der Waals surface area contributed by atoms with E-state index >= 15 is 0 Å². The Morgan fingerprint density at radius 1 is 1.42 bits per heavy atom. The lowest BCUT2D eigenvalue weighted by molar-refractivity contribution is -0.189. The fourth-order valence-electron chi connectivity index (χ4n) is 1.99. The van der Waals surface area contributed by atoms with Gasteiger partial charge < -0.3 is 30.5 Å². The van der Waals surface area contributed by atoms with Crippen LogP contribution in [0.5, 0.6) is 5.75 Å². The second-order valence-electron chi connectivity index (χ2n) is 4.80. The number of rotatable bonds is 3. The van der Waals surface area contributed by atoms with Crippen LogP contribution in [0.1, 0.15) is 6.23 Å². The number of ether oxygens (including phenoxy) is 2. The van der Waals surface area contributed by atoms with Crippen LogP contribution >= 0.6 is 0 Å². The van der Waals surface area contributed by atoms with E-state index in [2.05, 4.69) is 9.72 Å². The fraction of sp³-hybridized carbons (Fsp3) is 0.545.